The monoisotopic (exact) mass is 386 g/mol. The van der Waals surface area contributed by atoms with Gasteiger partial charge in [0.15, 0.2) is 4.67 Å². The van der Waals surface area contributed by atoms with Crippen molar-refractivity contribution >= 4 is 15.9 Å². The van der Waals surface area contributed by atoms with Crippen molar-refractivity contribution in [2.75, 3.05) is 6.54 Å². The highest BCUT2D eigenvalue weighted by atomic mass is 79.9. The average molecular weight is 387 g/mol. The van der Waals surface area contributed by atoms with Crippen molar-refractivity contribution < 1.29 is 4.42 Å². The second-order valence-corrected chi connectivity index (χ2v) is 6.53. The van der Waals surface area contributed by atoms with Crippen LogP contribution in [-0.4, -0.2) is 26.4 Å². The van der Waals surface area contributed by atoms with Crippen molar-refractivity contribution in [1.29, 1.82) is 0 Å². The summed E-state index contributed by atoms with van der Waals surface area (Å²) in [7, 11) is 0. The van der Waals surface area contributed by atoms with Gasteiger partial charge in [-0.2, -0.15) is 0 Å². The van der Waals surface area contributed by atoms with Crippen LogP contribution in [0.25, 0.3) is 11.4 Å². The average Bonchev–Trinajstić information content (AvgIpc) is 3.01. The van der Waals surface area contributed by atoms with Crippen molar-refractivity contribution in [1.82, 2.24) is 19.9 Å². The second kappa shape index (κ2) is 6.33. The van der Waals surface area contributed by atoms with Gasteiger partial charge in [-0.25, -0.2) is 4.98 Å². The lowest BCUT2D eigenvalue weighted by Gasteiger charge is -2.26. The molecule has 3 aromatic rings. The van der Waals surface area contributed by atoms with E-state index in [1.54, 1.807) is 12.4 Å². The maximum Gasteiger partial charge on any atom is 0.255 e. The lowest BCUT2D eigenvalue weighted by molar-refractivity contribution is 0.221. The molecule has 0 amide bonds. The van der Waals surface area contributed by atoms with E-state index in [1.165, 1.54) is 0 Å². The van der Waals surface area contributed by atoms with Gasteiger partial charge in [-0.15, -0.1) is 0 Å². The van der Waals surface area contributed by atoms with Crippen LogP contribution in [0.15, 0.2) is 50.5 Å². The summed E-state index contributed by atoms with van der Waals surface area (Å²) in [6.45, 7) is 2.09. The minimum Gasteiger partial charge on any atom is -0.453 e. The molecule has 3 aromatic heterocycles. The Bertz CT molecular complexity index is 920. The molecule has 1 aliphatic rings. The van der Waals surface area contributed by atoms with Gasteiger partial charge < -0.3 is 9.40 Å². The first-order chi connectivity index (χ1) is 11.7. The number of nitrogens with one attached hydrogen (secondary N) is 1. The molecule has 0 saturated heterocycles. The van der Waals surface area contributed by atoms with Gasteiger partial charge in [0.1, 0.15) is 11.6 Å². The van der Waals surface area contributed by atoms with E-state index in [9.17, 15) is 4.79 Å². The van der Waals surface area contributed by atoms with Crippen molar-refractivity contribution in [2.45, 2.75) is 19.5 Å². The van der Waals surface area contributed by atoms with Crippen LogP contribution in [0.2, 0.25) is 0 Å². The van der Waals surface area contributed by atoms with Crippen LogP contribution in [0.3, 0.4) is 0 Å². The molecule has 4 heterocycles. The lowest BCUT2D eigenvalue weighted by atomic mass is 10.1. The normalized spacial score (nSPS) is 14.5. The maximum absolute atomic E-state index is 12.5. The van der Waals surface area contributed by atoms with Crippen LogP contribution >= 0.6 is 15.9 Å². The van der Waals surface area contributed by atoms with Gasteiger partial charge in [0.2, 0.25) is 0 Å². The molecule has 1 aliphatic heterocycles. The predicted molar refractivity (Wildman–Crippen MR) is 92.3 cm³/mol. The number of fused-ring (bicyclic) bond motifs is 1. The van der Waals surface area contributed by atoms with Gasteiger partial charge in [-0.05, 0) is 40.2 Å². The summed E-state index contributed by atoms with van der Waals surface area (Å²) in [5, 5.41) is 0. The highest BCUT2D eigenvalue weighted by molar-refractivity contribution is 9.10. The number of halogens is 1. The van der Waals surface area contributed by atoms with Crippen molar-refractivity contribution in [2.24, 2.45) is 0 Å². The molecule has 24 heavy (non-hydrogen) atoms. The van der Waals surface area contributed by atoms with Crippen molar-refractivity contribution in [3.63, 3.8) is 0 Å². The summed E-state index contributed by atoms with van der Waals surface area (Å²) in [4.78, 5) is 26.3. The quantitative estimate of drug-likeness (QED) is 0.748. The van der Waals surface area contributed by atoms with E-state index in [0.29, 0.717) is 18.9 Å². The first-order valence-electron chi connectivity index (χ1n) is 7.68. The van der Waals surface area contributed by atoms with E-state index < -0.39 is 0 Å². The molecule has 1 N–H and O–H groups in total. The fraction of sp³-hybridized carbons (Fsp3) is 0.235. The largest absolute Gasteiger partial charge is 0.453 e. The zero-order valence-electron chi connectivity index (χ0n) is 12.8. The van der Waals surface area contributed by atoms with Crippen LogP contribution in [0, 0.1) is 0 Å². The topological polar surface area (TPSA) is 75.0 Å². The SMILES string of the molecule is O=c1[nH]c(-c2cccnc2)nc2c1CN(Cc1ccc(Br)o1)CC2. The Kier molecular flexibility index (Phi) is 4.03. The summed E-state index contributed by atoms with van der Waals surface area (Å²) >= 11 is 3.31. The van der Waals surface area contributed by atoms with Crippen LogP contribution in [-0.2, 0) is 19.5 Å². The number of H-pyrrole nitrogens is 1. The summed E-state index contributed by atoms with van der Waals surface area (Å²) in [6.07, 6.45) is 4.15. The standard InChI is InChI=1S/C17H15BrN4O2/c18-15-4-3-12(24-15)9-22-7-5-14-13(10-22)17(23)21-16(20-14)11-2-1-6-19-8-11/h1-4,6,8H,5,7,9-10H2,(H,20,21,23). The van der Waals surface area contributed by atoms with Gasteiger partial charge >= 0.3 is 0 Å². The molecule has 6 nitrogen and oxygen atoms in total. The second-order valence-electron chi connectivity index (χ2n) is 5.75. The summed E-state index contributed by atoms with van der Waals surface area (Å²) in [5.41, 5.74) is 2.35. The summed E-state index contributed by atoms with van der Waals surface area (Å²) in [5.74, 6) is 1.46. The molecule has 7 heteroatoms. The zero-order chi connectivity index (χ0) is 16.5. The van der Waals surface area contributed by atoms with Gasteiger partial charge in [0, 0.05) is 37.5 Å². The molecule has 0 aromatic carbocycles. The molecule has 0 saturated carbocycles. The van der Waals surface area contributed by atoms with E-state index >= 15 is 0 Å². The molecular weight excluding hydrogens is 372 g/mol. The molecular formula is C17H15BrN4O2. The highest BCUT2D eigenvalue weighted by Gasteiger charge is 2.22. The van der Waals surface area contributed by atoms with E-state index in [1.807, 2.05) is 24.3 Å². The third kappa shape index (κ3) is 3.05. The molecule has 122 valence electrons. The number of aromatic nitrogens is 3. The Hall–Kier alpha value is -2.25. The van der Waals surface area contributed by atoms with Crippen molar-refractivity contribution in [3.8, 4) is 11.4 Å². The third-order valence-corrected chi connectivity index (χ3v) is 4.52. The maximum atomic E-state index is 12.5. The molecule has 0 unspecified atom stereocenters. The van der Waals surface area contributed by atoms with Crippen molar-refractivity contribution in [3.05, 3.63) is 68.7 Å². The van der Waals surface area contributed by atoms with Gasteiger partial charge in [0.05, 0.1) is 17.8 Å². The van der Waals surface area contributed by atoms with E-state index in [0.717, 1.165) is 40.2 Å². The smallest absolute Gasteiger partial charge is 0.255 e. The van der Waals surface area contributed by atoms with Gasteiger partial charge in [0.25, 0.3) is 5.56 Å². The third-order valence-electron chi connectivity index (χ3n) is 4.09. The summed E-state index contributed by atoms with van der Waals surface area (Å²) < 4.78 is 6.27. The first-order valence-corrected chi connectivity index (χ1v) is 8.47. The minimum absolute atomic E-state index is 0.0795. The Morgan fingerprint density at radius 1 is 1.33 bits per heavy atom. The lowest BCUT2D eigenvalue weighted by Crippen LogP contribution is -2.35. The fourth-order valence-electron chi connectivity index (χ4n) is 2.91. The van der Waals surface area contributed by atoms with Gasteiger partial charge in [-0.1, -0.05) is 0 Å². The van der Waals surface area contributed by atoms with Crippen LogP contribution in [0.5, 0.6) is 0 Å². The predicted octanol–water partition coefficient (Wildman–Crippen LogP) is 2.75. The Balaban J connectivity index is 1.59. The van der Waals surface area contributed by atoms with E-state index in [2.05, 4.69) is 35.8 Å². The van der Waals surface area contributed by atoms with Gasteiger partial charge in [-0.3, -0.25) is 14.7 Å². The molecule has 0 spiro atoms. The number of rotatable bonds is 3. The number of aromatic amines is 1. The molecule has 0 radical (unpaired) electrons. The zero-order valence-corrected chi connectivity index (χ0v) is 14.4. The number of nitrogens with zero attached hydrogens (tertiary/aromatic N) is 3. The van der Waals surface area contributed by atoms with Crippen LogP contribution in [0.1, 0.15) is 17.0 Å². The highest BCUT2D eigenvalue weighted by Crippen LogP contribution is 2.21. The Morgan fingerprint density at radius 2 is 2.25 bits per heavy atom. The fourth-order valence-corrected chi connectivity index (χ4v) is 3.25. The first kappa shape index (κ1) is 15.3. The molecule has 0 aliphatic carbocycles. The molecule has 0 atom stereocenters. The Labute approximate surface area is 146 Å². The Morgan fingerprint density at radius 3 is 3.00 bits per heavy atom. The molecule has 4 rings (SSSR count). The van der Waals surface area contributed by atoms with Crippen LogP contribution < -0.4 is 5.56 Å². The van der Waals surface area contributed by atoms with Crippen LogP contribution in [0.4, 0.5) is 0 Å². The summed E-state index contributed by atoms with van der Waals surface area (Å²) in [6, 6.07) is 7.54. The molecule has 0 fully saturated rings. The minimum atomic E-state index is -0.0795. The number of hydrogen-bond donors (Lipinski definition) is 1. The molecule has 0 bridgehead atoms. The van der Waals surface area contributed by atoms with E-state index in [4.69, 9.17) is 4.42 Å². The number of hydrogen-bond acceptors (Lipinski definition) is 5. The number of pyridine rings is 1. The number of furan rings is 1. The van der Waals surface area contributed by atoms with E-state index in [-0.39, 0.29) is 5.56 Å².